The highest BCUT2D eigenvalue weighted by Gasteiger charge is 2.48. The highest BCUT2D eigenvalue weighted by molar-refractivity contribution is 7.90. The second-order valence-electron chi connectivity index (χ2n) is 5.51. The normalized spacial score (nSPS) is 12.3. The van der Waals surface area contributed by atoms with Crippen LogP contribution in [0.1, 0.15) is 10.4 Å². The number of hydrogen-bond donors (Lipinski definition) is 0. The zero-order valence-corrected chi connectivity index (χ0v) is 16.4. The lowest BCUT2D eigenvalue weighted by molar-refractivity contribution is -0.0500. The van der Waals surface area contributed by atoms with E-state index in [1.54, 1.807) is 0 Å². The Balaban J connectivity index is 2.42. The molecule has 0 N–H and O–H groups in total. The molecular weight excluding hydrogens is 441 g/mol. The molecule has 0 unspecified atom stereocenters. The SMILES string of the molecule is COC(=O)c1cc(Oc2ccc(S(C)(=O)=O)cc2)cc(OS(=O)(=O)C(F)(F)F)c1. The van der Waals surface area contributed by atoms with Gasteiger partial charge in [0.2, 0.25) is 0 Å². The van der Waals surface area contributed by atoms with Crippen molar-refractivity contribution in [2.24, 2.45) is 0 Å². The van der Waals surface area contributed by atoms with Gasteiger partial charge in [-0.2, -0.15) is 21.6 Å². The highest BCUT2D eigenvalue weighted by Crippen LogP contribution is 2.32. The van der Waals surface area contributed by atoms with Crippen LogP contribution in [0.5, 0.6) is 17.2 Å². The molecule has 29 heavy (non-hydrogen) atoms. The third-order valence-electron chi connectivity index (χ3n) is 3.28. The molecule has 0 atom stereocenters. The minimum absolute atomic E-state index is 0.00606. The Morgan fingerprint density at radius 2 is 1.45 bits per heavy atom. The summed E-state index contributed by atoms with van der Waals surface area (Å²) in [5, 5.41) is 0. The highest BCUT2D eigenvalue weighted by atomic mass is 32.2. The lowest BCUT2D eigenvalue weighted by atomic mass is 10.2. The van der Waals surface area contributed by atoms with Crippen LogP contribution in [-0.4, -0.2) is 41.7 Å². The number of rotatable bonds is 6. The molecule has 2 aromatic rings. The van der Waals surface area contributed by atoms with Gasteiger partial charge in [-0.15, -0.1) is 0 Å². The van der Waals surface area contributed by atoms with E-state index in [0.717, 1.165) is 31.6 Å². The maximum absolute atomic E-state index is 12.5. The Labute approximate surface area is 163 Å². The maximum Gasteiger partial charge on any atom is 0.534 e. The first-order valence-electron chi connectivity index (χ1n) is 7.45. The molecule has 0 bridgehead atoms. The molecule has 0 radical (unpaired) electrons. The first-order valence-corrected chi connectivity index (χ1v) is 10.7. The average molecular weight is 454 g/mol. The average Bonchev–Trinajstić information content (AvgIpc) is 2.59. The Bertz CT molecular complexity index is 1120. The van der Waals surface area contributed by atoms with Crippen molar-refractivity contribution >= 4 is 25.9 Å². The number of ether oxygens (including phenoxy) is 2. The molecule has 0 amide bonds. The van der Waals surface area contributed by atoms with Crippen molar-refractivity contribution in [3.05, 3.63) is 48.0 Å². The standard InChI is InChI=1S/C16H13F3O8S2/c1-25-15(20)10-7-12(9-13(8-10)27-29(23,24)16(17,18)19)26-11-3-5-14(6-4-11)28(2,21)22/h3-9H,1-2H3. The summed E-state index contributed by atoms with van der Waals surface area (Å²) in [6.07, 6.45) is 0.993. The van der Waals surface area contributed by atoms with Crippen LogP contribution in [0, 0.1) is 0 Å². The topological polar surface area (TPSA) is 113 Å². The van der Waals surface area contributed by atoms with Crippen LogP contribution >= 0.6 is 0 Å². The summed E-state index contributed by atoms with van der Waals surface area (Å²) in [6.45, 7) is 0. The van der Waals surface area contributed by atoms with Crippen molar-refractivity contribution < 1.29 is 48.5 Å². The first kappa shape index (κ1) is 22.5. The zero-order valence-electron chi connectivity index (χ0n) is 14.8. The van der Waals surface area contributed by atoms with Gasteiger partial charge in [0.05, 0.1) is 17.6 Å². The first-order chi connectivity index (χ1) is 13.2. The van der Waals surface area contributed by atoms with Crippen molar-refractivity contribution in [2.75, 3.05) is 13.4 Å². The van der Waals surface area contributed by atoms with E-state index in [1.165, 1.54) is 24.3 Å². The predicted octanol–water partition coefficient (Wildman–Crippen LogP) is 2.90. The number of carbonyl (C=O) groups is 1. The van der Waals surface area contributed by atoms with Gasteiger partial charge in [0.1, 0.15) is 17.2 Å². The smallest absolute Gasteiger partial charge is 0.465 e. The number of sulfone groups is 1. The lowest BCUT2D eigenvalue weighted by Gasteiger charge is -2.13. The Hall–Kier alpha value is -2.80. The third-order valence-corrected chi connectivity index (χ3v) is 5.39. The Morgan fingerprint density at radius 3 is 1.93 bits per heavy atom. The van der Waals surface area contributed by atoms with Crippen LogP contribution in [0.25, 0.3) is 0 Å². The minimum Gasteiger partial charge on any atom is -0.465 e. The van der Waals surface area contributed by atoms with E-state index in [1.807, 2.05) is 0 Å². The molecule has 0 aromatic heterocycles. The van der Waals surface area contributed by atoms with Crippen LogP contribution in [-0.2, 0) is 24.7 Å². The van der Waals surface area contributed by atoms with E-state index in [4.69, 9.17) is 4.74 Å². The molecule has 2 aromatic carbocycles. The Morgan fingerprint density at radius 1 is 0.897 bits per heavy atom. The number of methoxy groups -OCH3 is 1. The number of halogens is 3. The number of esters is 1. The van der Waals surface area contributed by atoms with Crippen LogP contribution in [0.3, 0.4) is 0 Å². The molecule has 0 fully saturated rings. The number of carbonyl (C=O) groups excluding carboxylic acids is 1. The lowest BCUT2D eigenvalue weighted by Crippen LogP contribution is -2.28. The number of benzene rings is 2. The van der Waals surface area contributed by atoms with Gasteiger partial charge in [-0.1, -0.05) is 0 Å². The minimum atomic E-state index is -5.99. The molecule has 8 nitrogen and oxygen atoms in total. The van der Waals surface area contributed by atoms with Gasteiger partial charge in [0.15, 0.2) is 9.84 Å². The zero-order chi connectivity index (χ0) is 22.0. The molecule has 13 heteroatoms. The fourth-order valence-corrected chi connectivity index (χ4v) is 3.05. The van der Waals surface area contributed by atoms with E-state index in [-0.39, 0.29) is 22.0 Å². The summed E-state index contributed by atoms with van der Waals surface area (Å²) in [6, 6.07) is 7.57. The van der Waals surface area contributed by atoms with E-state index in [2.05, 4.69) is 8.92 Å². The van der Waals surface area contributed by atoms with Crippen molar-refractivity contribution in [3.63, 3.8) is 0 Å². The fraction of sp³-hybridized carbons (Fsp3) is 0.188. The van der Waals surface area contributed by atoms with Gasteiger partial charge in [0, 0.05) is 12.3 Å². The number of hydrogen-bond acceptors (Lipinski definition) is 8. The molecular formula is C16H13F3O8S2. The summed E-state index contributed by atoms with van der Waals surface area (Å²) >= 11 is 0. The van der Waals surface area contributed by atoms with E-state index >= 15 is 0 Å². The van der Waals surface area contributed by atoms with Gasteiger partial charge in [0.25, 0.3) is 0 Å². The van der Waals surface area contributed by atoms with Crippen molar-refractivity contribution in [1.82, 2.24) is 0 Å². The summed E-state index contributed by atoms with van der Waals surface area (Å²) in [7, 11) is -8.44. The van der Waals surface area contributed by atoms with Gasteiger partial charge >= 0.3 is 21.6 Å². The molecule has 0 spiro atoms. The monoisotopic (exact) mass is 454 g/mol. The fourth-order valence-electron chi connectivity index (χ4n) is 1.98. The summed E-state index contributed by atoms with van der Waals surface area (Å²) < 4.78 is 96.8. The van der Waals surface area contributed by atoms with Crippen LogP contribution in [0.4, 0.5) is 13.2 Å². The Kier molecular flexibility index (Phi) is 6.13. The summed E-state index contributed by atoms with van der Waals surface area (Å²) in [4.78, 5) is 11.7. The summed E-state index contributed by atoms with van der Waals surface area (Å²) in [5.74, 6) is -2.03. The van der Waals surface area contributed by atoms with Gasteiger partial charge in [-0.25, -0.2) is 13.2 Å². The molecule has 0 heterocycles. The largest absolute Gasteiger partial charge is 0.534 e. The van der Waals surface area contributed by atoms with E-state index in [0.29, 0.717) is 0 Å². The van der Waals surface area contributed by atoms with Crippen molar-refractivity contribution in [3.8, 4) is 17.2 Å². The maximum atomic E-state index is 12.5. The van der Waals surface area contributed by atoms with E-state index < -0.39 is 37.2 Å². The molecule has 0 aliphatic rings. The molecule has 158 valence electrons. The molecule has 0 saturated carbocycles. The second-order valence-corrected chi connectivity index (χ2v) is 9.07. The third kappa shape index (κ3) is 5.60. The summed E-state index contributed by atoms with van der Waals surface area (Å²) in [5.41, 5.74) is -6.03. The van der Waals surface area contributed by atoms with Gasteiger partial charge in [-0.05, 0) is 36.4 Å². The predicted molar refractivity (Wildman–Crippen MR) is 93.0 cm³/mol. The molecule has 2 rings (SSSR count). The second kappa shape index (κ2) is 7.91. The van der Waals surface area contributed by atoms with Gasteiger partial charge < -0.3 is 13.7 Å². The molecule has 0 aliphatic heterocycles. The molecule has 0 aliphatic carbocycles. The quantitative estimate of drug-likeness (QED) is 0.372. The van der Waals surface area contributed by atoms with Crippen LogP contribution in [0.2, 0.25) is 0 Å². The number of alkyl halides is 3. The van der Waals surface area contributed by atoms with E-state index in [9.17, 15) is 34.8 Å². The van der Waals surface area contributed by atoms with Crippen molar-refractivity contribution in [2.45, 2.75) is 10.4 Å². The molecule has 0 saturated heterocycles. The van der Waals surface area contributed by atoms with Crippen molar-refractivity contribution in [1.29, 1.82) is 0 Å². The van der Waals surface area contributed by atoms with Crippen LogP contribution < -0.4 is 8.92 Å². The van der Waals surface area contributed by atoms with Gasteiger partial charge in [-0.3, -0.25) is 0 Å². The van der Waals surface area contributed by atoms with Crippen LogP contribution in [0.15, 0.2) is 47.4 Å².